The summed E-state index contributed by atoms with van der Waals surface area (Å²) in [6.07, 6.45) is 0. The minimum Gasteiger partial charge on any atom is -0.469 e. The summed E-state index contributed by atoms with van der Waals surface area (Å²) >= 11 is 5.67. The molecule has 1 unspecified atom stereocenters. The Balaban J connectivity index is 3.06. The zero-order chi connectivity index (χ0) is 11.4. The van der Waals surface area contributed by atoms with Gasteiger partial charge in [0.2, 0.25) is 0 Å². The van der Waals surface area contributed by atoms with Crippen molar-refractivity contribution in [2.75, 3.05) is 13.7 Å². The monoisotopic (exact) mass is 231 g/mol. The Morgan fingerprint density at radius 3 is 2.73 bits per heavy atom. The predicted octanol–water partition coefficient (Wildman–Crippen LogP) is 1.69. The van der Waals surface area contributed by atoms with Crippen molar-refractivity contribution in [3.05, 3.63) is 34.6 Å². The first-order valence-electron chi connectivity index (χ1n) is 4.32. The molecule has 15 heavy (non-hydrogen) atoms. The first kappa shape index (κ1) is 11.9. The third-order valence-corrected chi connectivity index (χ3v) is 2.23. The van der Waals surface area contributed by atoms with E-state index in [9.17, 15) is 9.18 Å². The summed E-state index contributed by atoms with van der Waals surface area (Å²) in [4.78, 5) is 11.3. The fourth-order valence-corrected chi connectivity index (χ4v) is 1.52. The van der Waals surface area contributed by atoms with Gasteiger partial charge in [-0.25, -0.2) is 4.39 Å². The first-order chi connectivity index (χ1) is 7.08. The maximum atomic E-state index is 13.0. The molecule has 5 heteroatoms. The summed E-state index contributed by atoms with van der Waals surface area (Å²) in [5.74, 6) is -1.68. The Morgan fingerprint density at radius 1 is 1.60 bits per heavy atom. The van der Waals surface area contributed by atoms with Crippen LogP contribution in [-0.4, -0.2) is 19.6 Å². The van der Waals surface area contributed by atoms with Gasteiger partial charge in [0.1, 0.15) is 5.82 Å². The quantitative estimate of drug-likeness (QED) is 0.806. The number of nitrogens with two attached hydrogens (primary N) is 1. The van der Waals surface area contributed by atoms with Crippen molar-refractivity contribution in [1.29, 1.82) is 0 Å². The van der Waals surface area contributed by atoms with Crippen LogP contribution in [0.2, 0.25) is 5.02 Å². The normalized spacial score (nSPS) is 12.3. The van der Waals surface area contributed by atoms with E-state index in [0.717, 1.165) is 6.07 Å². The van der Waals surface area contributed by atoms with Crippen molar-refractivity contribution < 1.29 is 13.9 Å². The molecule has 0 heterocycles. The van der Waals surface area contributed by atoms with Crippen LogP contribution in [0.15, 0.2) is 18.2 Å². The van der Waals surface area contributed by atoms with Gasteiger partial charge < -0.3 is 10.5 Å². The van der Waals surface area contributed by atoms with Crippen molar-refractivity contribution in [1.82, 2.24) is 0 Å². The van der Waals surface area contributed by atoms with Crippen LogP contribution < -0.4 is 5.73 Å². The summed E-state index contributed by atoms with van der Waals surface area (Å²) in [6, 6.07) is 3.88. The fourth-order valence-electron chi connectivity index (χ4n) is 1.29. The lowest BCUT2D eigenvalue weighted by atomic mass is 9.99. The molecule has 0 fully saturated rings. The van der Waals surface area contributed by atoms with Gasteiger partial charge in [-0.1, -0.05) is 11.6 Å². The third kappa shape index (κ3) is 2.91. The first-order valence-corrected chi connectivity index (χ1v) is 4.70. The van der Waals surface area contributed by atoms with E-state index in [0.29, 0.717) is 5.56 Å². The van der Waals surface area contributed by atoms with E-state index in [1.807, 2.05) is 0 Å². The molecule has 82 valence electrons. The molecule has 0 saturated carbocycles. The second-order valence-corrected chi connectivity index (χ2v) is 3.45. The third-order valence-electron chi connectivity index (χ3n) is 2.01. The van der Waals surface area contributed by atoms with E-state index in [1.165, 1.54) is 19.2 Å². The molecular formula is C10H11ClFNO2. The number of hydrogen-bond acceptors (Lipinski definition) is 3. The number of carbonyl (C=O) groups is 1. The van der Waals surface area contributed by atoms with Gasteiger partial charge in [-0.15, -0.1) is 0 Å². The Morgan fingerprint density at radius 2 is 2.27 bits per heavy atom. The number of esters is 1. The summed E-state index contributed by atoms with van der Waals surface area (Å²) in [6.45, 7) is 0.0481. The van der Waals surface area contributed by atoms with Gasteiger partial charge in [0.25, 0.3) is 0 Å². The lowest BCUT2D eigenvalue weighted by Gasteiger charge is -2.12. The lowest BCUT2D eigenvalue weighted by molar-refractivity contribution is -0.142. The van der Waals surface area contributed by atoms with Crippen LogP contribution in [0, 0.1) is 5.82 Å². The lowest BCUT2D eigenvalue weighted by Crippen LogP contribution is -2.22. The summed E-state index contributed by atoms with van der Waals surface area (Å²) in [5, 5.41) is 0.229. The van der Waals surface area contributed by atoms with Gasteiger partial charge in [0.05, 0.1) is 13.0 Å². The number of ether oxygens (including phenoxy) is 1. The zero-order valence-electron chi connectivity index (χ0n) is 8.17. The van der Waals surface area contributed by atoms with Crippen molar-refractivity contribution >= 4 is 17.6 Å². The molecule has 1 rings (SSSR count). The summed E-state index contributed by atoms with van der Waals surface area (Å²) < 4.78 is 17.6. The number of carbonyl (C=O) groups excluding carboxylic acids is 1. The van der Waals surface area contributed by atoms with Crippen LogP contribution in [0.1, 0.15) is 11.5 Å². The minimum absolute atomic E-state index is 0.0481. The number of halogens is 2. The largest absolute Gasteiger partial charge is 0.469 e. The SMILES string of the molecule is COC(=O)C(CN)c1cc(F)cc(Cl)c1. The van der Waals surface area contributed by atoms with Crippen molar-refractivity contribution in [2.24, 2.45) is 5.73 Å². The molecule has 0 radical (unpaired) electrons. The number of hydrogen-bond donors (Lipinski definition) is 1. The molecule has 0 aliphatic heterocycles. The maximum Gasteiger partial charge on any atom is 0.314 e. The fraction of sp³-hybridized carbons (Fsp3) is 0.300. The van der Waals surface area contributed by atoms with Crippen LogP contribution >= 0.6 is 11.6 Å². The van der Waals surface area contributed by atoms with E-state index < -0.39 is 17.7 Å². The number of methoxy groups -OCH3 is 1. The number of rotatable bonds is 3. The molecule has 0 bridgehead atoms. The molecular weight excluding hydrogens is 221 g/mol. The van der Waals surface area contributed by atoms with Crippen molar-refractivity contribution in [3.63, 3.8) is 0 Å². The zero-order valence-corrected chi connectivity index (χ0v) is 8.92. The van der Waals surface area contributed by atoms with Gasteiger partial charge >= 0.3 is 5.97 Å². The van der Waals surface area contributed by atoms with E-state index in [4.69, 9.17) is 17.3 Å². The summed E-state index contributed by atoms with van der Waals surface area (Å²) in [5.41, 5.74) is 5.84. The molecule has 0 aromatic heterocycles. The highest BCUT2D eigenvalue weighted by Crippen LogP contribution is 2.21. The molecule has 2 N–H and O–H groups in total. The Labute approximate surface area is 92.0 Å². The van der Waals surface area contributed by atoms with Gasteiger partial charge in [-0.3, -0.25) is 4.79 Å². The predicted molar refractivity (Wildman–Crippen MR) is 55.2 cm³/mol. The highest BCUT2D eigenvalue weighted by Gasteiger charge is 2.20. The van der Waals surface area contributed by atoms with Crippen LogP contribution in [0.25, 0.3) is 0 Å². The Hall–Kier alpha value is -1.13. The average Bonchev–Trinajstić information content (AvgIpc) is 2.17. The molecule has 1 aromatic rings. The maximum absolute atomic E-state index is 13.0. The molecule has 3 nitrogen and oxygen atoms in total. The van der Waals surface area contributed by atoms with Gasteiger partial charge in [0.15, 0.2) is 0 Å². The molecule has 0 saturated heterocycles. The van der Waals surface area contributed by atoms with Gasteiger partial charge in [-0.05, 0) is 23.8 Å². The van der Waals surface area contributed by atoms with Crippen LogP contribution in [0.5, 0.6) is 0 Å². The molecule has 0 aliphatic rings. The van der Waals surface area contributed by atoms with Crippen molar-refractivity contribution in [2.45, 2.75) is 5.92 Å². The van der Waals surface area contributed by atoms with Crippen LogP contribution in [0.4, 0.5) is 4.39 Å². The van der Waals surface area contributed by atoms with Crippen molar-refractivity contribution in [3.8, 4) is 0 Å². The van der Waals surface area contributed by atoms with Gasteiger partial charge in [-0.2, -0.15) is 0 Å². The molecule has 1 atom stereocenters. The number of benzene rings is 1. The average molecular weight is 232 g/mol. The molecule has 0 amide bonds. The molecule has 0 aliphatic carbocycles. The van der Waals surface area contributed by atoms with E-state index in [-0.39, 0.29) is 11.6 Å². The van der Waals surface area contributed by atoms with E-state index in [1.54, 1.807) is 0 Å². The van der Waals surface area contributed by atoms with Crippen LogP contribution in [0.3, 0.4) is 0 Å². The van der Waals surface area contributed by atoms with Gasteiger partial charge in [0, 0.05) is 11.6 Å². The van der Waals surface area contributed by atoms with E-state index >= 15 is 0 Å². The second kappa shape index (κ2) is 5.09. The summed E-state index contributed by atoms with van der Waals surface area (Å²) in [7, 11) is 1.26. The Bertz CT molecular complexity index is 350. The minimum atomic E-state index is -0.678. The topological polar surface area (TPSA) is 52.3 Å². The van der Waals surface area contributed by atoms with E-state index in [2.05, 4.69) is 4.74 Å². The smallest absolute Gasteiger partial charge is 0.314 e. The standard InChI is InChI=1S/C10H11ClFNO2/c1-15-10(14)9(5-13)6-2-7(11)4-8(12)3-6/h2-4,9H,5,13H2,1H3. The second-order valence-electron chi connectivity index (χ2n) is 3.01. The van der Waals surface area contributed by atoms with Crippen LogP contribution in [-0.2, 0) is 9.53 Å². The molecule has 1 aromatic carbocycles. The molecule has 0 spiro atoms. The highest BCUT2D eigenvalue weighted by molar-refractivity contribution is 6.30. The Kier molecular flexibility index (Phi) is 4.05. The highest BCUT2D eigenvalue weighted by atomic mass is 35.5.